The van der Waals surface area contributed by atoms with E-state index < -0.39 is 0 Å². The van der Waals surface area contributed by atoms with E-state index in [0.717, 1.165) is 19.3 Å². The highest BCUT2D eigenvalue weighted by Gasteiger charge is 2.41. The van der Waals surface area contributed by atoms with Crippen LogP contribution in [0.3, 0.4) is 0 Å². The second-order valence-corrected chi connectivity index (χ2v) is 7.12. The van der Waals surface area contributed by atoms with Gasteiger partial charge < -0.3 is 5.32 Å². The van der Waals surface area contributed by atoms with Gasteiger partial charge in [-0.1, -0.05) is 40.5 Å². The molecule has 0 spiro atoms. The maximum absolute atomic E-state index is 12.5. The fourth-order valence-electron chi connectivity index (χ4n) is 2.97. The molecular formula is C15H28ClNO. The predicted octanol–water partition coefficient (Wildman–Crippen LogP) is 3.97. The van der Waals surface area contributed by atoms with E-state index in [0.29, 0.717) is 18.4 Å². The lowest BCUT2D eigenvalue weighted by Gasteiger charge is -2.30. The van der Waals surface area contributed by atoms with Gasteiger partial charge in [0.1, 0.15) is 0 Å². The Kier molecular flexibility index (Phi) is 5.97. The fourth-order valence-corrected chi connectivity index (χ4v) is 3.05. The summed E-state index contributed by atoms with van der Waals surface area (Å²) in [5.74, 6) is 1.21. The van der Waals surface area contributed by atoms with Gasteiger partial charge >= 0.3 is 0 Å². The van der Waals surface area contributed by atoms with Crippen LogP contribution in [0.4, 0.5) is 0 Å². The van der Waals surface area contributed by atoms with E-state index in [1.807, 2.05) is 0 Å². The summed E-state index contributed by atoms with van der Waals surface area (Å²) >= 11 is 6.20. The standard InChI is InChI=1S/C15H28ClNO/c1-11(2)9-15(7-5-6-8-15)14(18)17-10-13(16)12(3)4/h11-13H,5-10H2,1-4H3,(H,17,18). The lowest BCUT2D eigenvalue weighted by molar-refractivity contribution is -0.131. The van der Waals surface area contributed by atoms with Gasteiger partial charge in [0.15, 0.2) is 0 Å². The molecule has 0 aromatic heterocycles. The third-order valence-electron chi connectivity index (χ3n) is 4.02. The molecule has 0 aromatic carbocycles. The van der Waals surface area contributed by atoms with Gasteiger partial charge in [0.05, 0.1) is 5.38 Å². The molecule has 0 aromatic rings. The average Bonchev–Trinajstić information content (AvgIpc) is 2.73. The second-order valence-electron chi connectivity index (χ2n) is 6.56. The van der Waals surface area contributed by atoms with Crippen molar-refractivity contribution in [3.63, 3.8) is 0 Å². The van der Waals surface area contributed by atoms with Gasteiger partial charge in [-0.2, -0.15) is 0 Å². The number of carbonyl (C=O) groups is 1. The first-order chi connectivity index (χ1) is 8.37. The third-order valence-corrected chi connectivity index (χ3v) is 4.68. The van der Waals surface area contributed by atoms with Crippen LogP contribution < -0.4 is 5.32 Å². The monoisotopic (exact) mass is 273 g/mol. The number of nitrogens with one attached hydrogen (secondary N) is 1. The van der Waals surface area contributed by atoms with Crippen molar-refractivity contribution in [3.8, 4) is 0 Å². The predicted molar refractivity (Wildman–Crippen MR) is 77.8 cm³/mol. The van der Waals surface area contributed by atoms with Gasteiger partial charge in [-0.3, -0.25) is 4.79 Å². The number of halogens is 1. The number of rotatable bonds is 6. The molecule has 0 bridgehead atoms. The summed E-state index contributed by atoms with van der Waals surface area (Å²) in [7, 11) is 0. The average molecular weight is 274 g/mol. The van der Waals surface area contributed by atoms with E-state index in [1.165, 1.54) is 12.8 Å². The van der Waals surface area contributed by atoms with E-state index >= 15 is 0 Å². The van der Waals surface area contributed by atoms with Crippen molar-refractivity contribution in [2.45, 2.75) is 65.2 Å². The highest BCUT2D eigenvalue weighted by atomic mass is 35.5. The van der Waals surface area contributed by atoms with Crippen LogP contribution in [0, 0.1) is 17.3 Å². The van der Waals surface area contributed by atoms with E-state index in [-0.39, 0.29) is 16.7 Å². The smallest absolute Gasteiger partial charge is 0.226 e. The van der Waals surface area contributed by atoms with Gasteiger partial charge in [-0.15, -0.1) is 11.6 Å². The molecule has 1 amide bonds. The summed E-state index contributed by atoms with van der Waals surface area (Å²) in [6.07, 6.45) is 5.48. The molecule has 18 heavy (non-hydrogen) atoms. The Morgan fingerprint density at radius 1 is 1.22 bits per heavy atom. The molecule has 1 unspecified atom stereocenters. The lowest BCUT2D eigenvalue weighted by Crippen LogP contribution is -2.43. The Morgan fingerprint density at radius 2 is 1.78 bits per heavy atom. The Labute approximate surface area is 117 Å². The van der Waals surface area contributed by atoms with E-state index in [4.69, 9.17) is 11.6 Å². The lowest BCUT2D eigenvalue weighted by atomic mass is 9.77. The quantitative estimate of drug-likeness (QED) is 0.729. The molecule has 0 heterocycles. The highest BCUT2D eigenvalue weighted by Crippen LogP contribution is 2.43. The largest absolute Gasteiger partial charge is 0.354 e. The molecule has 0 aliphatic heterocycles. The number of amides is 1. The maximum Gasteiger partial charge on any atom is 0.226 e. The Bertz CT molecular complexity index is 270. The molecule has 1 atom stereocenters. The van der Waals surface area contributed by atoms with Crippen molar-refractivity contribution in [1.29, 1.82) is 0 Å². The second kappa shape index (κ2) is 6.79. The molecule has 1 aliphatic rings. The first-order valence-corrected chi connectivity index (χ1v) is 7.73. The van der Waals surface area contributed by atoms with Gasteiger partial charge in [0.25, 0.3) is 0 Å². The van der Waals surface area contributed by atoms with Crippen LogP contribution in [-0.2, 0) is 4.79 Å². The molecule has 1 fully saturated rings. The Balaban J connectivity index is 2.55. The summed E-state index contributed by atoms with van der Waals surface area (Å²) < 4.78 is 0. The number of hydrogen-bond acceptors (Lipinski definition) is 1. The van der Waals surface area contributed by atoms with Crippen molar-refractivity contribution >= 4 is 17.5 Å². The minimum atomic E-state index is -0.109. The van der Waals surface area contributed by atoms with Crippen LogP contribution in [-0.4, -0.2) is 17.8 Å². The molecule has 1 N–H and O–H groups in total. The molecule has 1 saturated carbocycles. The third kappa shape index (κ3) is 4.15. The van der Waals surface area contributed by atoms with E-state index in [2.05, 4.69) is 33.0 Å². The van der Waals surface area contributed by atoms with Crippen LogP contribution >= 0.6 is 11.6 Å². The minimum absolute atomic E-state index is 0.0338. The van der Waals surface area contributed by atoms with Crippen molar-refractivity contribution in [2.75, 3.05) is 6.54 Å². The summed E-state index contributed by atoms with van der Waals surface area (Å²) in [5, 5.41) is 3.11. The van der Waals surface area contributed by atoms with Gasteiger partial charge in [0.2, 0.25) is 5.91 Å². The van der Waals surface area contributed by atoms with Crippen LogP contribution in [0.2, 0.25) is 0 Å². The van der Waals surface area contributed by atoms with Crippen molar-refractivity contribution in [2.24, 2.45) is 17.3 Å². The molecule has 2 nitrogen and oxygen atoms in total. The molecule has 1 rings (SSSR count). The van der Waals surface area contributed by atoms with E-state index in [1.54, 1.807) is 0 Å². The summed E-state index contributed by atoms with van der Waals surface area (Å²) in [4.78, 5) is 12.5. The van der Waals surface area contributed by atoms with Crippen molar-refractivity contribution < 1.29 is 4.79 Å². The minimum Gasteiger partial charge on any atom is -0.354 e. The van der Waals surface area contributed by atoms with Crippen LogP contribution in [0.1, 0.15) is 59.8 Å². The van der Waals surface area contributed by atoms with Crippen LogP contribution in [0.25, 0.3) is 0 Å². The molecule has 106 valence electrons. The van der Waals surface area contributed by atoms with Gasteiger partial charge in [0, 0.05) is 12.0 Å². The van der Waals surface area contributed by atoms with Crippen LogP contribution in [0.15, 0.2) is 0 Å². The Hall–Kier alpha value is -0.240. The zero-order valence-corrected chi connectivity index (χ0v) is 13.0. The number of carbonyl (C=O) groups excluding carboxylic acids is 1. The molecule has 3 heteroatoms. The van der Waals surface area contributed by atoms with Crippen molar-refractivity contribution in [3.05, 3.63) is 0 Å². The highest BCUT2D eigenvalue weighted by molar-refractivity contribution is 6.21. The Morgan fingerprint density at radius 3 is 2.22 bits per heavy atom. The fraction of sp³-hybridized carbons (Fsp3) is 0.933. The zero-order valence-electron chi connectivity index (χ0n) is 12.3. The first kappa shape index (κ1) is 15.8. The van der Waals surface area contributed by atoms with Gasteiger partial charge in [-0.25, -0.2) is 0 Å². The van der Waals surface area contributed by atoms with Crippen molar-refractivity contribution in [1.82, 2.24) is 5.32 Å². The summed E-state index contributed by atoms with van der Waals surface area (Å²) in [6, 6.07) is 0. The maximum atomic E-state index is 12.5. The number of hydrogen-bond donors (Lipinski definition) is 1. The topological polar surface area (TPSA) is 29.1 Å². The van der Waals surface area contributed by atoms with Crippen LogP contribution in [0.5, 0.6) is 0 Å². The van der Waals surface area contributed by atoms with Gasteiger partial charge in [-0.05, 0) is 31.1 Å². The first-order valence-electron chi connectivity index (χ1n) is 7.30. The summed E-state index contributed by atoms with van der Waals surface area (Å²) in [6.45, 7) is 9.17. The molecule has 0 saturated heterocycles. The number of alkyl halides is 1. The molecular weight excluding hydrogens is 246 g/mol. The summed E-state index contributed by atoms with van der Waals surface area (Å²) in [5.41, 5.74) is -0.109. The normalized spacial score (nSPS) is 20.4. The molecule has 0 radical (unpaired) electrons. The zero-order chi connectivity index (χ0) is 13.8. The van der Waals surface area contributed by atoms with E-state index in [9.17, 15) is 4.79 Å². The molecule has 1 aliphatic carbocycles. The SMILES string of the molecule is CC(C)CC1(C(=O)NCC(Cl)C(C)C)CCCC1.